The maximum atomic E-state index is 11.0. The molecule has 1 fully saturated rings. The van der Waals surface area contributed by atoms with Gasteiger partial charge in [-0.1, -0.05) is 6.08 Å². The molecule has 0 saturated carbocycles. The molecule has 7 nitrogen and oxygen atoms in total. The van der Waals surface area contributed by atoms with Crippen molar-refractivity contribution in [1.29, 1.82) is 5.26 Å². The van der Waals surface area contributed by atoms with Gasteiger partial charge in [-0.05, 0) is 6.07 Å². The molecule has 1 heterocycles. The molecule has 0 aliphatic carbocycles. The van der Waals surface area contributed by atoms with Gasteiger partial charge in [-0.3, -0.25) is 15.0 Å². The molecule has 2 N–H and O–H groups in total. The summed E-state index contributed by atoms with van der Waals surface area (Å²) in [6, 6.07) is 4.09. The molecular weight excluding hydrogens is 272 g/mol. The van der Waals surface area contributed by atoms with Gasteiger partial charge in [0.2, 0.25) is 0 Å². The maximum Gasteiger partial charge on any atom is 0.312 e. The van der Waals surface area contributed by atoms with Crippen LogP contribution in [0.2, 0.25) is 0 Å². The second-order valence-electron chi connectivity index (χ2n) is 4.77. The number of benzene rings is 1. The van der Waals surface area contributed by atoms with E-state index >= 15 is 0 Å². The smallest absolute Gasteiger partial charge is 0.312 e. The van der Waals surface area contributed by atoms with Crippen LogP contribution in [-0.2, 0) is 0 Å². The lowest BCUT2D eigenvalue weighted by Gasteiger charge is -2.33. The molecule has 0 spiro atoms. The third-order valence-corrected chi connectivity index (χ3v) is 3.53. The molecule has 1 aliphatic rings. The van der Waals surface area contributed by atoms with Crippen LogP contribution in [0, 0.1) is 21.4 Å². The van der Waals surface area contributed by atoms with Gasteiger partial charge < -0.3 is 10.4 Å². The fourth-order valence-corrected chi connectivity index (χ4v) is 2.50. The van der Waals surface area contributed by atoms with E-state index in [1.54, 1.807) is 6.08 Å². The van der Waals surface area contributed by atoms with E-state index in [9.17, 15) is 15.2 Å². The third-order valence-electron chi connectivity index (χ3n) is 3.53. The maximum absolute atomic E-state index is 11.0. The lowest BCUT2D eigenvalue weighted by Crippen LogP contribution is -2.44. The Morgan fingerprint density at radius 2 is 2.19 bits per heavy atom. The molecule has 0 bridgehead atoms. The first kappa shape index (κ1) is 15.0. The van der Waals surface area contributed by atoms with Crippen molar-refractivity contribution in [3.05, 3.63) is 46.0 Å². The van der Waals surface area contributed by atoms with Gasteiger partial charge in [0.15, 0.2) is 5.75 Å². The van der Waals surface area contributed by atoms with Crippen LogP contribution in [-0.4, -0.2) is 41.1 Å². The number of hydrogen-bond acceptors (Lipinski definition) is 6. The number of hydrogen-bond donors (Lipinski definition) is 2. The Hall–Kier alpha value is -2.43. The van der Waals surface area contributed by atoms with Crippen molar-refractivity contribution in [2.24, 2.45) is 0 Å². The molecular formula is C14H16N4O3. The monoisotopic (exact) mass is 288 g/mol. The van der Waals surface area contributed by atoms with Gasteiger partial charge in [-0.15, -0.1) is 6.58 Å². The highest BCUT2D eigenvalue weighted by atomic mass is 16.6. The largest absolute Gasteiger partial charge is 0.502 e. The van der Waals surface area contributed by atoms with Gasteiger partial charge in [0.1, 0.15) is 0 Å². The minimum absolute atomic E-state index is 0.150. The zero-order valence-electron chi connectivity index (χ0n) is 11.5. The first-order valence-electron chi connectivity index (χ1n) is 6.57. The van der Waals surface area contributed by atoms with E-state index in [-0.39, 0.29) is 11.6 Å². The standard InChI is InChI=1S/C14H16N4O3/c1-2-12(17-5-3-16-4-6-17)11-7-10(9-15)8-13(14(11)19)18(20)21/h2,7-8,12,16,19H,1,3-6H2/t12-/m0/s1. The molecule has 1 saturated heterocycles. The summed E-state index contributed by atoms with van der Waals surface area (Å²) in [6.45, 7) is 6.82. The predicted octanol–water partition coefficient (Wildman–Crippen LogP) is 1.30. The highest BCUT2D eigenvalue weighted by molar-refractivity contribution is 5.57. The average molecular weight is 288 g/mol. The molecule has 0 radical (unpaired) electrons. The minimum atomic E-state index is -0.683. The fraction of sp³-hybridized carbons (Fsp3) is 0.357. The van der Waals surface area contributed by atoms with Crippen molar-refractivity contribution >= 4 is 5.69 Å². The Labute approximate surface area is 122 Å². The first-order chi connectivity index (χ1) is 10.1. The lowest BCUT2D eigenvalue weighted by atomic mass is 9.99. The zero-order chi connectivity index (χ0) is 15.4. The van der Waals surface area contributed by atoms with Gasteiger partial charge in [0.05, 0.1) is 22.6 Å². The molecule has 7 heteroatoms. The Bertz CT molecular complexity index is 603. The number of nitro groups is 1. The van der Waals surface area contributed by atoms with Crippen molar-refractivity contribution in [3.63, 3.8) is 0 Å². The lowest BCUT2D eigenvalue weighted by molar-refractivity contribution is -0.386. The summed E-state index contributed by atoms with van der Waals surface area (Å²) in [5.74, 6) is -0.401. The van der Waals surface area contributed by atoms with Crippen LogP contribution in [0.25, 0.3) is 0 Å². The van der Waals surface area contributed by atoms with Crippen molar-refractivity contribution < 1.29 is 10.0 Å². The summed E-state index contributed by atoms with van der Waals surface area (Å²) in [7, 11) is 0. The molecule has 0 aromatic heterocycles. The summed E-state index contributed by atoms with van der Waals surface area (Å²) < 4.78 is 0. The van der Waals surface area contributed by atoms with Crippen LogP contribution in [0.5, 0.6) is 5.75 Å². The van der Waals surface area contributed by atoms with E-state index in [0.29, 0.717) is 5.56 Å². The normalized spacial score (nSPS) is 16.9. The average Bonchev–Trinajstić information content (AvgIpc) is 2.50. The number of nitrogens with one attached hydrogen (secondary N) is 1. The van der Waals surface area contributed by atoms with Crippen molar-refractivity contribution in [2.45, 2.75) is 6.04 Å². The van der Waals surface area contributed by atoms with E-state index in [1.807, 2.05) is 6.07 Å². The van der Waals surface area contributed by atoms with Crippen molar-refractivity contribution in [3.8, 4) is 11.8 Å². The number of aromatic hydroxyl groups is 1. The van der Waals surface area contributed by atoms with E-state index in [4.69, 9.17) is 5.26 Å². The summed E-state index contributed by atoms with van der Waals surface area (Å²) >= 11 is 0. The van der Waals surface area contributed by atoms with Gasteiger partial charge in [0.25, 0.3) is 0 Å². The van der Waals surface area contributed by atoms with Crippen molar-refractivity contribution in [1.82, 2.24) is 10.2 Å². The van der Waals surface area contributed by atoms with Crippen LogP contribution in [0.4, 0.5) is 5.69 Å². The Kier molecular flexibility index (Phi) is 4.52. The van der Waals surface area contributed by atoms with Gasteiger partial charge in [0, 0.05) is 37.8 Å². The second-order valence-corrected chi connectivity index (χ2v) is 4.77. The minimum Gasteiger partial charge on any atom is -0.502 e. The molecule has 1 aromatic carbocycles. The molecule has 110 valence electrons. The fourth-order valence-electron chi connectivity index (χ4n) is 2.50. The highest BCUT2D eigenvalue weighted by Gasteiger charge is 2.27. The van der Waals surface area contributed by atoms with Gasteiger partial charge in [-0.25, -0.2) is 0 Å². The number of rotatable bonds is 4. The number of piperazine rings is 1. The Balaban J connectivity index is 2.49. The van der Waals surface area contributed by atoms with Crippen LogP contribution in [0.1, 0.15) is 17.2 Å². The van der Waals surface area contributed by atoms with Crippen molar-refractivity contribution in [2.75, 3.05) is 26.2 Å². The zero-order valence-corrected chi connectivity index (χ0v) is 11.5. The Morgan fingerprint density at radius 1 is 1.52 bits per heavy atom. The Morgan fingerprint density at radius 3 is 2.71 bits per heavy atom. The molecule has 21 heavy (non-hydrogen) atoms. The molecule has 1 aromatic rings. The van der Waals surface area contributed by atoms with Crippen LogP contribution < -0.4 is 5.32 Å². The summed E-state index contributed by atoms with van der Waals surface area (Å²) in [5, 5.41) is 33.4. The van der Waals surface area contributed by atoms with E-state index in [2.05, 4.69) is 16.8 Å². The number of phenolic OH excluding ortho intramolecular Hbond substituents is 1. The van der Waals surface area contributed by atoms with Crippen LogP contribution >= 0.6 is 0 Å². The summed E-state index contributed by atoms with van der Waals surface area (Å²) in [6.07, 6.45) is 1.63. The van der Waals surface area contributed by atoms with E-state index in [1.165, 1.54) is 6.07 Å². The molecule has 1 atom stereocenters. The second kappa shape index (κ2) is 6.35. The molecule has 0 amide bonds. The number of nitro benzene ring substituents is 1. The molecule has 2 rings (SSSR count). The topological polar surface area (TPSA) is 102 Å². The van der Waals surface area contributed by atoms with Gasteiger partial charge >= 0.3 is 5.69 Å². The third kappa shape index (κ3) is 3.02. The number of nitrogens with zero attached hydrogens (tertiary/aromatic N) is 3. The summed E-state index contributed by atoms with van der Waals surface area (Å²) in [4.78, 5) is 12.4. The molecule has 0 unspecified atom stereocenters. The number of nitriles is 1. The summed E-state index contributed by atoms with van der Waals surface area (Å²) in [5.41, 5.74) is 0.0418. The predicted molar refractivity (Wildman–Crippen MR) is 76.9 cm³/mol. The molecule has 1 aliphatic heterocycles. The van der Waals surface area contributed by atoms with E-state index in [0.717, 1.165) is 32.2 Å². The SMILES string of the molecule is C=C[C@@H](c1cc(C#N)cc([N+](=O)[O-])c1O)N1CCNCC1. The quantitative estimate of drug-likeness (QED) is 0.492. The van der Waals surface area contributed by atoms with Crippen LogP contribution in [0.15, 0.2) is 24.8 Å². The van der Waals surface area contributed by atoms with E-state index < -0.39 is 16.4 Å². The van der Waals surface area contributed by atoms with Crippen LogP contribution in [0.3, 0.4) is 0 Å². The highest BCUT2D eigenvalue weighted by Crippen LogP contribution is 2.37. The number of phenols is 1. The van der Waals surface area contributed by atoms with Gasteiger partial charge in [-0.2, -0.15) is 5.26 Å². The first-order valence-corrected chi connectivity index (χ1v) is 6.57.